The average Bonchev–Trinajstić information content (AvgIpc) is 3.18. The molecule has 5 nitrogen and oxygen atoms in total. The third-order valence-electron chi connectivity index (χ3n) is 5.67. The average molecular weight is 470 g/mol. The Morgan fingerprint density at radius 1 is 0.943 bits per heavy atom. The molecule has 3 aromatic rings. The van der Waals surface area contributed by atoms with E-state index in [-0.39, 0.29) is 11.1 Å². The van der Waals surface area contributed by atoms with Crippen molar-refractivity contribution in [3.05, 3.63) is 100 Å². The van der Waals surface area contributed by atoms with Gasteiger partial charge in [0.2, 0.25) is 5.90 Å². The van der Waals surface area contributed by atoms with Crippen LogP contribution in [0.4, 0.5) is 0 Å². The summed E-state index contributed by atoms with van der Waals surface area (Å²) >= 11 is 0. The third kappa shape index (κ3) is 5.99. The van der Waals surface area contributed by atoms with Crippen molar-refractivity contribution in [2.45, 2.75) is 46.6 Å². The first-order chi connectivity index (χ1) is 16.7. The van der Waals surface area contributed by atoms with Crippen LogP contribution in [-0.4, -0.2) is 18.5 Å². The third-order valence-corrected chi connectivity index (χ3v) is 5.67. The van der Waals surface area contributed by atoms with E-state index in [1.807, 2.05) is 61.5 Å². The van der Waals surface area contributed by atoms with E-state index in [0.29, 0.717) is 30.6 Å². The summed E-state index contributed by atoms with van der Waals surface area (Å²) in [5.41, 5.74) is 5.31. The fourth-order valence-corrected chi connectivity index (χ4v) is 3.77. The highest BCUT2D eigenvalue weighted by Crippen LogP contribution is 2.31. The molecule has 0 saturated carbocycles. The molecule has 0 aromatic heterocycles. The van der Waals surface area contributed by atoms with Crippen molar-refractivity contribution in [2.24, 2.45) is 4.99 Å². The maximum Gasteiger partial charge on any atom is 0.363 e. The molecule has 0 saturated heterocycles. The number of benzene rings is 3. The summed E-state index contributed by atoms with van der Waals surface area (Å²) in [5, 5.41) is 0. The first-order valence-electron chi connectivity index (χ1n) is 11.8. The van der Waals surface area contributed by atoms with E-state index >= 15 is 0 Å². The molecular weight excluding hydrogens is 438 g/mol. The number of carbonyl (C=O) groups excluding carboxylic acids is 1. The van der Waals surface area contributed by atoms with Crippen LogP contribution < -0.4 is 9.47 Å². The summed E-state index contributed by atoms with van der Waals surface area (Å²) < 4.78 is 17.3. The predicted octanol–water partition coefficient (Wildman–Crippen LogP) is 6.61. The van der Waals surface area contributed by atoms with Gasteiger partial charge in [0.1, 0.15) is 6.61 Å². The Bertz CT molecular complexity index is 1280. The highest BCUT2D eigenvalue weighted by Gasteiger charge is 2.25. The Labute approximate surface area is 207 Å². The van der Waals surface area contributed by atoms with Gasteiger partial charge < -0.3 is 14.2 Å². The van der Waals surface area contributed by atoms with E-state index in [9.17, 15) is 4.79 Å². The number of rotatable bonds is 7. The lowest BCUT2D eigenvalue weighted by molar-refractivity contribution is -0.129. The predicted molar refractivity (Wildman–Crippen MR) is 139 cm³/mol. The molecule has 0 unspecified atom stereocenters. The van der Waals surface area contributed by atoms with E-state index in [1.165, 1.54) is 11.1 Å². The van der Waals surface area contributed by atoms with Gasteiger partial charge in [-0.05, 0) is 66.3 Å². The smallest absolute Gasteiger partial charge is 0.363 e. The van der Waals surface area contributed by atoms with E-state index in [0.717, 1.165) is 16.7 Å². The number of nitrogens with zero attached hydrogens (tertiary/aromatic N) is 1. The van der Waals surface area contributed by atoms with E-state index in [2.05, 4.69) is 44.8 Å². The number of ether oxygens (including phenoxy) is 3. The SMILES string of the molecule is CCOc1cc(/C=C2\N=C(c3ccc(C(C)(C)C)cc3)OC2=O)ccc1OCc1cccc(C)c1. The monoisotopic (exact) mass is 469 g/mol. The molecule has 180 valence electrons. The molecule has 1 aliphatic heterocycles. The maximum absolute atomic E-state index is 12.5. The van der Waals surface area contributed by atoms with Crippen molar-refractivity contribution in [2.75, 3.05) is 6.61 Å². The second-order valence-electron chi connectivity index (χ2n) is 9.58. The molecule has 0 amide bonds. The fraction of sp³-hybridized carbons (Fsp3) is 0.267. The fourth-order valence-electron chi connectivity index (χ4n) is 3.77. The van der Waals surface area contributed by atoms with Crippen molar-refractivity contribution in [1.29, 1.82) is 0 Å². The van der Waals surface area contributed by atoms with Crippen LogP contribution in [0.3, 0.4) is 0 Å². The second kappa shape index (κ2) is 10.2. The molecule has 0 atom stereocenters. The van der Waals surface area contributed by atoms with Gasteiger partial charge in [-0.1, -0.05) is 68.8 Å². The molecule has 1 heterocycles. The molecule has 5 heteroatoms. The van der Waals surface area contributed by atoms with Crippen LogP contribution in [0.1, 0.15) is 55.5 Å². The molecule has 0 bridgehead atoms. The van der Waals surface area contributed by atoms with E-state index in [4.69, 9.17) is 14.2 Å². The minimum absolute atomic E-state index is 0.0476. The van der Waals surface area contributed by atoms with Gasteiger partial charge in [-0.15, -0.1) is 0 Å². The standard InChI is InChI=1S/C30H31NO4/c1-6-33-27-18-21(10-15-26(27)34-19-22-9-7-8-20(2)16-22)17-25-29(32)35-28(31-25)23-11-13-24(14-12-23)30(3,4)5/h7-18H,6,19H2,1-5H3/b25-17-. The molecule has 4 rings (SSSR count). The van der Waals surface area contributed by atoms with Gasteiger partial charge >= 0.3 is 5.97 Å². The highest BCUT2D eigenvalue weighted by atomic mass is 16.6. The number of aliphatic imine (C=N–C) groups is 1. The molecule has 0 N–H and O–H groups in total. The Balaban J connectivity index is 1.54. The lowest BCUT2D eigenvalue weighted by atomic mass is 9.87. The van der Waals surface area contributed by atoms with Crippen LogP contribution in [0, 0.1) is 6.92 Å². The van der Waals surface area contributed by atoms with Crippen LogP contribution >= 0.6 is 0 Å². The summed E-state index contributed by atoms with van der Waals surface area (Å²) in [6.45, 7) is 11.4. The number of hydrogen-bond acceptors (Lipinski definition) is 5. The molecule has 0 spiro atoms. The number of esters is 1. The van der Waals surface area contributed by atoms with Gasteiger partial charge in [0, 0.05) is 5.56 Å². The molecule has 0 aliphatic carbocycles. The van der Waals surface area contributed by atoms with Crippen molar-refractivity contribution in [1.82, 2.24) is 0 Å². The lowest BCUT2D eigenvalue weighted by Crippen LogP contribution is -2.11. The summed E-state index contributed by atoms with van der Waals surface area (Å²) in [4.78, 5) is 16.9. The van der Waals surface area contributed by atoms with E-state index < -0.39 is 5.97 Å². The molecule has 0 radical (unpaired) electrons. The zero-order valence-electron chi connectivity index (χ0n) is 20.9. The molecule has 35 heavy (non-hydrogen) atoms. The Morgan fingerprint density at radius 3 is 2.40 bits per heavy atom. The van der Waals surface area contributed by atoms with Gasteiger partial charge in [0.05, 0.1) is 6.61 Å². The lowest BCUT2D eigenvalue weighted by Gasteiger charge is -2.18. The number of hydrogen-bond donors (Lipinski definition) is 0. The van der Waals surface area contributed by atoms with E-state index in [1.54, 1.807) is 6.08 Å². The first kappa shape index (κ1) is 24.3. The van der Waals surface area contributed by atoms with Crippen molar-refractivity contribution >= 4 is 17.9 Å². The molecular formula is C30H31NO4. The first-order valence-corrected chi connectivity index (χ1v) is 11.8. The number of aryl methyl sites for hydroxylation is 1. The van der Waals surface area contributed by atoms with Crippen LogP contribution in [0.15, 0.2) is 77.4 Å². The summed E-state index contributed by atoms with van der Waals surface area (Å²) in [5.74, 6) is 1.10. The van der Waals surface area contributed by atoms with Gasteiger partial charge in [-0.3, -0.25) is 0 Å². The van der Waals surface area contributed by atoms with Gasteiger partial charge in [-0.25, -0.2) is 9.79 Å². The maximum atomic E-state index is 12.5. The molecule has 3 aromatic carbocycles. The van der Waals surface area contributed by atoms with Gasteiger partial charge in [0.25, 0.3) is 0 Å². The quantitative estimate of drug-likeness (QED) is 0.288. The zero-order valence-corrected chi connectivity index (χ0v) is 20.9. The second-order valence-corrected chi connectivity index (χ2v) is 9.58. The van der Waals surface area contributed by atoms with Crippen LogP contribution in [-0.2, 0) is 21.6 Å². The number of carbonyl (C=O) groups is 1. The topological polar surface area (TPSA) is 57.1 Å². The van der Waals surface area contributed by atoms with Gasteiger partial charge in [0.15, 0.2) is 17.2 Å². The van der Waals surface area contributed by atoms with Crippen LogP contribution in [0.5, 0.6) is 11.5 Å². The molecule has 0 fully saturated rings. The normalized spacial score (nSPS) is 14.6. The summed E-state index contributed by atoms with van der Waals surface area (Å²) in [6.07, 6.45) is 1.70. The summed E-state index contributed by atoms with van der Waals surface area (Å²) in [7, 11) is 0. The zero-order chi connectivity index (χ0) is 25.0. The Kier molecular flexibility index (Phi) is 7.06. The minimum atomic E-state index is -0.474. The summed E-state index contributed by atoms with van der Waals surface area (Å²) in [6, 6.07) is 21.7. The Hall–Kier alpha value is -3.86. The van der Waals surface area contributed by atoms with Gasteiger partial charge in [-0.2, -0.15) is 0 Å². The number of cyclic esters (lactones) is 1. The van der Waals surface area contributed by atoms with Crippen molar-refractivity contribution < 1.29 is 19.0 Å². The van der Waals surface area contributed by atoms with Crippen molar-refractivity contribution in [3.8, 4) is 11.5 Å². The minimum Gasteiger partial charge on any atom is -0.490 e. The van der Waals surface area contributed by atoms with Crippen molar-refractivity contribution in [3.63, 3.8) is 0 Å². The van der Waals surface area contributed by atoms with Crippen LogP contribution in [0.25, 0.3) is 6.08 Å². The largest absolute Gasteiger partial charge is 0.490 e. The molecule has 1 aliphatic rings. The van der Waals surface area contributed by atoms with Crippen LogP contribution in [0.2, 0.25) is 0 Å². The highest BCUT2D eigenvalue weighted by molar-refractivity contribution is 6.12. The Morgan fingerprint density at radius 2 is 1.71 bits per heavy atom.